The van der Waals surface area contributed by atoms with Gasteiger partial charge in [0.25, 0.3) is 5.91 Å². The van der Waals surface area contributed by atoms with Crippen molar-refractivity contribution in [3.63, 3.8) is 0 Å². The van der Waals surface area contributed by atoms with Gasteiger partial charge < -0.3 is 15.4 Å². The van der Waals surface area contributed by atoms with E-state index in [9.17, 15) is 4.79 Å². The van der Waals surface area contributed by atoms with E-state index in [0.717, 1.165) is 11.4 Å². The number of pyridine rings is 1. The number of aryl methyl sites for hydroxylation is 1. The molecule has 0 bridgehead atoms. The molecular weight excluding hydrogens is 350 g/mol. The van der Waals surface area contributed by atoms with Gasteiger partial charge in [0.05, 0.1) is 11.9 Å². The number of carbonyl (C=O) groups excluding carboxylic acids is 1. The van der Waals surface area contributed by atoms with Gasteiger partial charge in [-0.25, -0.2) is 4.98 Å². The molecule has 26 heavy (non-hydrogen) atoms. The van der Waals surface area contributed by atoms with Crippen molar-refractivity contribution in [3.8, 4) is 5.75 Å². The monoisotopic (exact) mass is 367 g/mol. The maximum atomic E-state index is 11.9. The molecule has 0 saturated carbocycles. The van der Waals surface area contributed by atoms with Gasteiger partial charge in [0.2, 0.25) is 0 Å². The van der Waals surface area contributed by atoms with Gasteiger partial charge in [-0.15, -0.1) is 0 Å². The van der Waals surface area contributed by atoms with Crippen LogP contribution in [-0.4, -0.2) is 17.5 Å². The molecule has 0 atom stereocenters. The average molecular weight is 368 g/mol. The summed E-state index contributed by atoms with van der Waals surface area (Å²) in [7, 11) is 0. The minimum Gasteiger partial charge on any atom is -0.484 e. The van der Waals surface area contributed by atoms with Crippen LogP contribution in [-0.2, 0) is 4.79 Å². The Morgan fingerprint density at radius 2 is 1.69 bits per heavy atom. The number of rotatable bonds is 6. The van der Waals surface area contributed by atoms with Gasteiger partial charge in [-0.2, -0.15) is 0 Å². The van der Waals surface area contributed by atoms with Crippen LogP contribution in [0.5, 0.6) is 5.75 Å². The lowest BCUT2D eigenvalue weighted by molar-refractivity contribution is -0.118. The van der Waals surface area contributed by atoms with Crippen LogP contribution in [0.15, 0.2) is 66.9 Å². The van der Waals surface area contributed by atoms with E-state index in [1.54, 1.807) is 36.5 Å². The molecule has 1 aromatic heterocycles. The van der Waals surface area contributed by atoms with Crippen molar-refractivity contribution in [2.45, 2.75) is 6.92 Å². The molecule has 0 aliphatic rings. The van der Waals surface area contributed by atoms with Gasteiger partial charge >= 0.3 is 0 Å². The summed E-state index contributed by atoms with van der Waals surface area (Å²) in [6.45, 7) is 1.94. The summed E-state index contributed by atoms with van der Waals surface area (Å²) < 4.78 is 5.40. The maximum absolute atomic E-state index is 11.9. The molecule has 132 valence electrons. The number of carbonyl (C=O) groups is 1. The first kappa shape index (κ1) is 17.8. The molecule has 0 spiro atoms. The number of nitrogens with one attached hydrogen (secondary N) is 2. The maximum Gasteiger partial charge on any atom is 0.263 e. The van der Waals surface area contributed by atoms with Crippen LogP contribution < -0.4 is 15.4 Å². The van der Waals surface area contributed by atoms with Crippen LogP contribution >= 0.6 is 11.6 Å². The lowest BCUT2D eigenvalue weighted by atomic mass is 10.2. The Morgan fingerprint density at radius 3 is 2.35 bits per heavy atom. The highest BCUT2D eigenvalue weighted by Crippen LogP contribution is 2.18. The third-order valence-corrected chi connectivity index (χ3v) is 3.81. The molecule has 0 unspecified atom stereocenters. The number of benzene rings is 2. The summed E-state index contributed by atoms with van der Waals surface area (Å²) >= 11 is 5.80. The lowest BCUT2D eigenvalue weighted by Crippen LogP contribution is -2.20. The van der Waals surface area contributed by atoms with Crippen molar-refractivity contribution >= 4 is 34.7 Å². The molecule has 0 radical (unpaired) electrons. The highest BCUT2D eigenvalue weighted by Gasteiger charge is 2.05. The van der Waals surface area contributed by atoms with Gasteiger partial charge in [-0.3, -0.25) is 4.79 Å². The molecule has 0 aliphatic carbocycles. The highest BCUT2D eigenvalue weighted by atomic mass is 35.5. The standard InChI is InChI=1S/C20H18ClN3O2/c1-14-2-6-16(7-3-14)23-17-8-11-19(22-12-17)24-20(25)13-26-18-9-4-15(21)5-10-18/h2-12,23H,13H2,1H3,(H,22,24,25). The first-order chi connectivity index (χ1) is 12.6. The van der Waals surface area contributed by atoms with E-state index < -0.39 is 0 Å². The van der Waals surface area contributed by atoms with E-state index in [4.69, 9.17) is 16.3 Å². The zero-order valence-corrected chi connectivity index (χ0v) is 15.0. The molecule has 1 heterocycles. The molecule has 5 nitrogen and oxygen atoms in total. The van der Waals surface area contributed by atoms with E-state index in [1.807, 2.05) is 37.3 Å². The predicted molar refractivity (Wildman–Crippen MR) is 104 cm³/mol. The summed E-state index contributed by atoms with van der Waals surface area (Å²) in [6.07, 6.45) is 1.66. The molecule has 3 aromatic rings. The van der Waals surface area contributed by atoms with Crippen LogP contribution in [0.1, 0.15) is 5.56 Å². The summed E-state index contributed by atoms with van der Waals surface area (Å²) in [6, 6.07) is 18.5. The number of anilines is 3. The zero-order chi connectivity index (χ0) is 18.4. The molecule has 0 aliphatic heterocycles. The normalized spacial score (nSPS) is 10.2. The molecule has 3 rings (SSSR count). The third kappa shape index (κ3) is 5.22. The molecule has 1 amide bonds. The quantitative estimate of drug-likeness (QED) is 0.656. The summed E-state index contributed by atoms with van der Waals surface area (Å²) in [5, 5.41) is 6.56. The molecule has 0 fully saturated rings. The minimum absolute atomic E-state index is 0.104. The fourth-order valence-corrected chi connectivity index (χ4v) is 2.33. The van der Waals surface area contributed by atoms with E-state index in [1.165, 1.54) is 5.56 Å². The number of nitrogens with zero attached hydrogens (tertiary/aromatic N) is 1. The van der Waals surface area contributed by atoms with Crippen molar-refractivity contribution in [1.82, 2.24) is 4.98 Å². The number of ether oxygens (including phenoxy) is 1. The first-order valence-corrected chi connectivity index (χ1v) is 8.44. The van der Waals surface area contributed by atoms with E-state index in [-0.39, 0.29) is 12.5 Å². The predicted octanol–water partition coefficient (Wildman–Crippen LogP) is 4.80. The van der Waals surface area contributed by atoms with Gasteiger partial charge in [-0.1, -0.05) is 29.3 Å². The molecular formula is C20H18ClN3O2. The van der Waals surface area contributed by atoms with E-state index in [0.29, 0.717) is 16.6 Å². The second-order valence-electron chi connectivity index (χ2n) is 5.71. The van der Waals surface area contributed by atoms with Crippen LogP contribution in [0.2, 0.25) is 5.02 Å². The Bertz CT molecular complexity index is 863. The van der Waals surface area contributed by atoms with Crippen molar-refractivity contribution in [3.05, 3.63) is 77.4 Å². The SMILES string of the molecule is Cc1ccc(Nc2ccc(NC(=O)COc3ccc(Cl)cc3)nc2)cc1. The third-order valence-electron chi connectivity index (χ3n) is 3.55. The van der Waals surface area contributed by atoms with Crippen LogP contribution in [0.25, 0.3) is 0 Å². The molecule has 0 saturated heterocycles. The minimum atomic E-state index is -0.285. The van der Waals surface area contributed by atoms with Gasteiger partial charge in [0.15, 0.2) is 6.61 Å². The van der Waals surface area contributed by atoms with Crippen molar-refractivity contribution in [2.24, 2.45) is 0 Å². The number of hydrogen-bond donors (Lipinski definition) is 2. The Labute approximate surface area is 157 Å². The van der Waals surface area contributed by atoms with E-state index in [2.05, 4.69) is 15.6 Å². The Kier molecular flexibility index (Phi) is 5.71. The Morgan fingerprint density at radius 1 is 1.00 bits per heavy atom. The van der Waals surface area contributed by atoms with Gasteiger partial charge in [0, 0.05) is 10.7 Å². The zero-order valence-electron chi connectivity index (χ0n) is 14.2. The summed E-state index contributed by atoms with van der Waals surface area (Å²) in [5.74, 6) is 0.756. The van der Waals surface area contributed by atoms with Crippen LogP contribution in [0.4, 0.5) is 17.2 Å². The summed E-state index contributed by atoms with van der Waals surface area (Å²) in [5.41, 5.74) is 3.02. The van der Waals surface area contributed by atoms with Crippen molar-refractivity contribution < 1.29 is 9.53 Å². The first-order valence-electron chi connectivity index (χ1n) is 8.06. The van der Waals surface area contributed by atoms with Crippen molar-refractivity contribution in [2.75, 3.05) is 17.2 Å². The fourth-order valence-electron chi connectivity index (χ4n) is 2.20. The number of halogens is 1. The molecule has 2 aromatic carbocycles. The number of hydrogen-bond acceptors (Lipinski definition) is 4. The number of aromatic nitrogens is 1. The largest absolute Gasteiger partial charge is 0.484 e. The molecule has 6 heteroatoms. The van der Waals surface area contributed by atoms with E-state index >= 15 is 0 Å². The Hall–Kier alpha value is -3.05. The second kappa shape index (κ2) is 8.36. The Balaban J connectivity index is 1.50. The summed E-state index contributed by atoms with van der Waals surface area (Å²) in [4.78, 5) is 16.2. The molecule has 2 N–H and O–H groups in total. The number of amides is 1. The lowest BCUT2D eigenvalue weighted by Gasteiger charge is -2.09. The highest BCUT2D eigenvalue weighted by molar-refractivity contribution is 6.30. The second-order valence-corrected chi connectivity index (χ2v) is 6.15. The van der Waals surface area contributed by atoms with Crippen LogP contribution in [0.3, 0.4) is 0 Å². The van der Waals surface area contributed by atoms with Crippen molar-refractivity contribution in [1.29, 1.82) is 0 Å². The smallest absolute Gasteiger partial charge is 0.263 e. The fraction of sp³-hybridized carbons (Fsp3) is 0.100. The van der Waals surface area contributed by atoms with Gasteiger partial charge in [0.1, 0.15) is 11.6 Å². The average Bonchev–Trinajstić information content (AvgIpc) is 2.65. The van der Waals surface area contributed by atoms with Gasteiger partial charge in [-0.05, 0) is 55.5 Å². The topological polar surface area (TPSA) is 63.2 Å². The van der Waals surface area contributed by atoms with Crippen LogP contribution in [0, 0.1) is 6.92 Å².